The molecule has 0 radical (unpaired) electrons. The van der Waals surface area contributed by atoms with Crippen LogP contribution in [0, 0.1) is 0 Å². The molecule has 0 fully saturated rings. The van der Waals surface area contributed by atoms with Crippen LogP contribution in [-0.2, 0) is 28.6 Å². The first kappa shape index (κ1) is 68.8. The summed E-state index contributed by atoms with van der Waals surface area (Å²) in [5.74, 6) is -0.929. The first-order valence-electron chi connectivity index (χ1n) is 30.0. The number of carbonyl (C=O) groups excluding carboxylic acids is 3. The van der Waals surface area contributed by atoms with Crippen molar-refractivity contribution in [1.29, 1.82) is 0 Å². The Hall–Kier alpha value is -4.19. The highest BCUT2D eigenvalue weighted by molar-refractivity contribution is 5.71. The molecule has 0 spiro atoms. The summed E-state index contributed by atoms with van der Waals surface area (Å²) in [5.41, 5.74) is 0. The van der Waals surface area contributed by atoms with Crippen molar-refractivity contribution in [3.8, 4) is 0 Å². The topological polar surface area (TPSA) is 78.9 Å². The van der Waals surface area contributed by atoms with E-state index in [9.17, 15) is 14.4 Å². The van der Waals surface area contributed by atoms with Gasteiger partial charge in [-0.25, -0.2) is 0 Å². The third kappa shape index (κ3) is 58.6. The SMILES string of the molecule is CC/C=C\C/C=C\C/C=C\C/C=C\C/C=C\C/C=C\C/C=C\CCCCCCCCCC(=O)OCC(COC(=O)CCCCCCC/C=C\CCCC)OC(=O)CCCCCCC/C=C\C/C=C\CCCCC. The van der Waals surface area contributed by atoms with Gasteiger partial charge in [0.1, 0.15) is 13.2 Å². The quantitative estimate of drug-likeness (QED) is 0.0261. The molecule has 0 saturated heterocycles. The Morgan fingerprint density at radius 3 is 0.890 bits per heavy atom. The van der Waals surface area contributed by atoms with Crippen LogP contribution < -0.4 is 0 Å². The van der Waals surface area contributed by atoms with Crippen LogP contribution in [0.5, 0.6) is 0 Å². The van der Waals surface area contributed by atoms with Crippen LogP contribution in [0.4, 0.5) is 0 Å². The number of ether oxygens (including phenoxy) is 3. The first-order valence-corrected chi connectivity index (χ1v) is 30.0. The molecular formula is C67H110O6. The van der Waals surface area contributed by atoms with E-state index in [0.29, 0.717) is 19.3 Å². The minimum absolute atomic E-state index is 0.0936. The van der Waals surface area contributed by atoms with Gasteiger partial charge in [0.05, 0.1) is 0 Å². The third-order valence-corrected chi connectivity index (χ3v) is 12.4. The van der Waals surface area contributed by atoms with E-state index in [-0.39, 0.29) is 31.1 Å². The maximum Gasteiger partial charge on any atom is 0.306 e. The molecule has 0 amide bonds. The Bertz CT molecular complexity index is 1540. The normalized spacial score (nSPS) is 13.0. The van der Waals surface area contributed by atoms with Gasteiger partial charge in [-0.15, -0.1) is 0 Å². The van der Waals surface area contributed by atoms with Gasteiger partial charge in [-0.2, -0.15) is 0 Å². The summed E-state index contributed by atoms with van der Waals surface area (Å²) in [4.78, 5) is 38.1. The number of hydrogen-bond acceptors (Lipinski definition) is 6. The largest absolute Gasteiger partial charge is 0.462 e. The van der Waals surface area contributed by atoms with Gasteiger partial charge in [0.15, 0.2) is 6.10 Å². The minimum atomic E-state index is -0.796. The summed E-state index contributed by atoms with van der Waals surface area (Å²) in [6.07, 6.45) is 83.4. The smallest absolute Gasteiger partial charge is 0.306 e. The van der Waals surface area contributed by atoms with Crippen LogP contribution in [0.1, 0.15) is 265 Å². The molecule has 73 heavy (non-hydrogen) atoms. The molecule has 0 rings (SSSR count). The van der Waals surface area contributed by atoms with Crippen LogP contribution in [0.2, 0.25) is 0 Å². The fourth-order valence-corrected chi connectivity index (χ4v) is 7.90. The van der Waals surface area contributed by atoms with Gasteiger partial charge in [0, 0.05) is 19.3 Å². The molecule has 0 aromatic carbocycles. The average molecular weight is 1010 g/mol. The Morgan fingerprint density at radius 1 is 0.288 bits per heavy atom. The molecule has 0 aromatic heterocycles. The van der Waals surface area contributed by atoms with Crippen LogP contribution in [0.3, 0.4) is 0 Å². The molecule has 0 aromatic rings. The minimum Gasteiger partial charge on any atom is -0.462 e. The zero-order valence-corrected chi connectivity index (χ0v) is 47.4. The molecule has 0 N–H and O–H groups in total. The summed E-state index contributed by atoms with van der Waals surface area (Å²) in [7, 11) is 0. The van der Waals surface area contributed by atoms with E-state index in [4.69, 9.17) is 14.2 Å². The van der Waals surface area contributed by atoms with E-state index >= 15 is 0 Å². The van der Waals surface area contributed by atoms with Crippen molar-refractivity contribution >= 4 is 17.9 Å². The molecule has 0 saturated carbocycles. The highest BCUT2D eigenvalue weighted by Crippen LogP contribution is 2.14. The Kier molecular flexibility index (Phi) is 56.9. The zero-order valence-electron chi connectivity index (χ0n) is 47.4. The maximum atomic E-state index is 12.8. The van der Waals surface area contributed by atoms with Gasteiger partial charge in [-0.3, -0.25) is 14.4 Å². The van der Waals surface area contributed by atoms with E-state index in [0.717, 1.165) is 148 Å². The third-order valence-electron chi connectivity index (χ3n) is 12.4. The number of esters is 3. The predicted octanol–water partition coefficient (Wildman–Crippen LogP) is 20.4. The van der Waals surface area contributed by atoms with Crippen LogP contribution >= 0.6 is 0 Å². The van der Waals surface area contributed by atoms with E-state index in [1.54, 1.807) is 0 Å². The zero-order chi connectivity index (χ0) is 52.9. The van der Waals surface area contributed by atoms with Crippen molar-refractivity contribution in [3.63, 3.8) is 0 Å². The predicted molar refractivity (Wildman–Crippen MR) is 316 cm³/mol. The van der Waals surface area contributed by atoms with E-state index in [2.05, 4.69) is 142 Å². The summed E-state index contributed by atoms with van der Waals surface area (Å²) in [6.45, 7) is 6.43. The van der Waals surface area contributed by atoms with E-state index in [1.165, 1.54) is 77.0 Å². The lowest BCUT2D eigenvalue weighted by Crippen LogP contribution is -2.30. The Balaban J connectivity index is 4.31. The molecule has 0 aliphatic carbocycles. The molecule has 0 heterocycles. The van der Waals surface area contributed by atoms with Crippen LogP contribution in [0.15, 0.2) is 122 Å². The Labute approximate surface area is 450 Å². The monoisotopic (exact) mass is 1010 g/mol. The fraction of sp³-hybridized carbons (Fsp3) is 0.657. The van der Waals surface area contributed by atoms with Gasteiger partial charge < -0.3 is 14.2 Å². The summed E-state index contributed by atoms with van der Waals surface area (Å²) < 4.78 is 16.8. The van der Waals surface area contributed by atoms with Gasteiger partial charge in [-0.05, 0) is 128 Å². The van der Waals surface area contributed by atoms with Gasteiger partial charge in [0.25, 0.3) is 0 Å². The lowest BCUT2D eigenvalue weighted by Gasteiger charge is -2.18. The number of unbranched alkanes of at least 4 members (excludes halogenated alkanes) is 22. The second-order valence-corrected chi connectivity index (χ2v) is 19.5. The van der Waals surface area contributed by atoms with Crippen molar-refractivity contribution in [2.45, 2.75) is 271 Å². The van der Waals surface area contributed by atoms with Gasteiger partial charge in [0.2, 0.25) is 0 Å². The number of hydrogen-bond donors (Lipinski definition) is 0. The maximum absolute atomic E-state index is 12.8. The molecule has 414 valence electrons. The fourth-order valence-electron chi connectivity index (χ4n) is 7.90. The lowest BCUT2D eigenvalue weighted by molar-refractivity contribution is -0.167. The number of rotatable bonds is 53. The standard InChI is InChI=1S/C67H110O6/c1-4-7-10-13-16-19-22-24-26-27-28-29-30-31-32-33-34-35-36-37-38-39-41-42-45-48-51-54-57-60-66(69)72-63-64(62-71-65(68)59-56-53-50-47-44-21-18-15-12-9-6-3)73-67(70)61-58-55-52-49-46-43-40-25-23-20-17-14-11-8-5-2/h7,10,15-20,24-26,28-29,31-32,34-35,37-38,40,64H,4-6,8-9,11-14,21-23,27,30,33,36,39,41-63H2,1-3H3/b10-7-,18-15-,19-16-,20-17-,26-24-,29-28-,32-31-,35-34-,38-37-,40-25-. The highest BCUT2D eigenvalue weighted by Gasteiger charge is 2.19. The van der Waals surface area contributed by atoms with Crippen molar-refractivity contribution in [1.82, 2.24) is 0 Å². The summed E-state index contributed by atoms with van der Waals surface area (Å²) in [5, 5.41) is 0. The molecule has 6 heteroatoms. The molecule has 1 unspecified atom stereocenters. The summed E-state index contributed by atoms with van der Waals surface area (Å²) in [6, 6.07) is 0. The number of carbonyl (C=O) groups is 3. The van der Waals surface area contributed by atoms with Gasteiger partial charge in [-0.1, -0.05) is 239 Å². The highest BCUT2D eigenvalue weighted by atomic mass is 16.6. The molecule has 0 aliphatic heterocycles. The molecule has 6 nitrogen and oxygen atoms in total. The van der Waals surface area contributed by atoms with Crippen LogP contribution in [-0.4, -0.2) is 37.2 Å². The van der Waals surface area contributed by atoms with E-state index < -0.39 is 6.10 Å². The lowest BCUT2D eigenvalue weighted by atomic mass is 10.1. The first-order chi connectivity index (χ1) is 36.0. The Morgan fingerprint density at radius 2 is 0.548 bits per heavy atom. The van der Waals surface area contributed by atoms with Crippen molar-refractivity contribution in [2.24, 2.45) is 0 Å². The molecule has 0 bridgehead atoms. The van der Waals surface area contributed by atoms with Crippen molar-refractivity contribution < 1.29 is 28.6 Å². The van der Waals surface area contributed by atoms with Crippen molar-refractivity contribution in [2.75, 3.05) is 13.2 Å². The second kappa shape index (κ2) is 60.4. The summed E-state index contributed by atoms with van der Waals surface area (Å²) >= 11 is 0. The second-order valence-electron chi connectivity index (χ2n) is 19.5. The van der Waals surface area contributed by atoms with Gasteiger partial charge >= 0.3 is 17.9 Å². The van der Waals surface area contributed by atoms with E-state index in [1.807, 2.05) is 0 Å². The van der Waals surface area contributed by atoms with Crippen molar-refractivity contribution in [3.05, 3.63) is 122 Å². The molecular weight excluding hydrogens is 901 g/mol. The number of allylic oxidation sites excluding steroid dienone is 20. The van der Waals surface area contributed by atoms with Crippen LogP contribution in [0.25, 0.3) is 0 Å². The average Bonchev–Trinajstić information content (AvgIpc) is 3.39. The molecule has 1 atom stereocenters. The molecule has 0 aliphatic rings.